The van der Waals surface area contributed by atoms with Gasteiger partial charge in [-0.3, -0.25) is 9.59 Å². The van der Waals surface area contributed by atoms with E-state index < -0.39 is 18.6 Å². The van der Waals surface area contributed by atoms with Gasteiger partial charge in [0.25, 0.3) is 0 Å². The number of carbonyl (C=O) groups excluding carboxylic acids is 2. The number of nitrogens with zero attached hydrogens (tertiary/aromatic N) is 1. The topological polar surface area (TPSA) is 116 Å². The van der Waals surface area contributed by atoms with Crippen molar-refractivity contribution in [3.63, 3.8) is 0 Å². The summed E-state index contributed by atoms with van der Waals surface area (Å²) in [5.41, 5.74) is 4.56. The smallest absolute Gasteiger partial charge is 0.407 e. The van der Waals surface area contributed by atoms with Crippen LogP contribution in [0.15, 0.2) is 48.5 Å². The first kappa shape index (κ1) is 23.3. The molecule has 8 heteroatoms. The van der Waals surface area contributed by atoms with Gasteiger partial charge < -0.3 is 25.2 Å². The van der Waals surface area contributed by atoms with Crippen molar-refractivity contribution >= 4 is 18.0 Å². The van der Waals surface area contributed by atoms with Crippen LogP contribution < -0.4 is 5.32 Å². The molecular weight excluding hydrogens is 412 g/mol. The van der Waals surface area contributed by atoms with E-state index in [2.05, 4.69) is 17.4 Å². The quantitative estimate of drug-likeness (QED) is 0.523. The van der Waals surface area contributed by atoms with E-state index in [9.17, 15) is 14.4 Å². The number of hydrogen-bond acceptors (Lipinski definition) is 5. The van der Waals surface area contributed by atoms with Gasteiger partial charge in [0.2, 0.25) is 5.91 Å². The van der Waals surface area contributed by atoms with E-state index in [4.69, 9.17) is 14.9 Å². The lowest BCUT2D eigenvalue weighted by Gasteiger charge is -2.21. The van der Waals surface area contributed by atoms with E-state index in [-0.39, 0.29) is 44.0 Å². The molecule has 0 heterocycles. The third-order valence-electron chi connectivity index (χ3n) is 5.55. The summed E-state index contributed by atoms with van der Waals surface area (Å²) in [6, 6.07) is 15.8. The van der Waals surface area contributed by atoms with Crippen LogP contribution in [0.5, 0.6) is 0 Å². The van der Waals surface area contributed by atoms with Gasteiger partial charge in [0, 0.05) is 24.9 Å². The number of carbonyl (C=O) groups is 3. The zero-order chi connectivity index (χ0) is 23.1. The number of hydrogen-bond donors (Lipinski definition) is 3. The van der Waals surface area contributed by atoms with Crippen molar-refractivity contribution in [2.45, 2.75) is 31.7 Å². The van der Waals surface area contributed by atoms with E-state index >= 15 is 0 Å². The SMILES string of the molecule is CC(CCC(=O)N(CCO)CC(=O)O)NC(=O)OCC1c2ccccc2-c2ccccc21. The molecular formula is C24H28N2O6. The molecule has 0 spiro atoms. The second-order valence-corrected chi connectivity index (χ2v) is 7.84. The summed E-state index contributed by atoms with van der Waals surface area (Å²) >= 11 is 0. The number of alkyl carbamates (subject to hydrolysis) is 1. The van der Waals surface area contributed by atoms with Crippen molar-refractivity contribution in [2.75, 3.05) is 26.3 Å². The van der Waals surface area contributed by atoms with E-state index in [1.807, 2.05) is 36.4 Å². The maximum absolute atomic E-state index is 12.3. The zero-order valence-corrected chi connectivity index (χ0v) is 18.0. The number of aliphatic carboxylic acids is 1. The fourth-order valence-electron chi connectivity index (χ4n) is 3.99. The molecule has 1 aliphatic carbocycles. The molecule has 3 rings (SSSR count). The molecule has 170 valence electrons. The van der Waals surface area contributed by atoms with Crippen molar-refractivity contribution < 1.29 is 29.3 Å². The molecule has 0 bridgehead atoms. The molecule has 0 aliphatic heterocycles. The van der Waals surface area contributed by atoms with Crippen molar-refractivity contribution in [1.82, 2.24) is 10.2 Å². The first-order chi connectivity index (χ1) is 15.4. The first-order valence-corrected chi connectivity index (χ1v) is 10.6. The number of amides is 2. The molecule has 0 saturated carbocycles. The monoisotopic (exact) mass is 440 g/mol. The van der Waals surface area contributed by atoms with E-state index in [1.54, 1.807) is 6.92 Å². The highest BCUT2D eigenvalue weighted by atomic mass is 16.5. The fourth-order valence-corrected chi connectivity index (χ4v) is 3.99. The average Bonchev–Trinajstić information content (AvgIpc) is 3.09. The van der Waals surface area contributed by atoms with Gasteiger partial charge in [0.1, 0.15) is 13.2 Å². The van der Waals surface area contributed by atoms with E-state index in [0.29, 0.717) is 6.42 Å². The lowest BCUT2D eigenvalue weighted by Crippen LogP contribution is -2.39. The molecule has 8 nitrogen and oxygen atoms in total. The Kier molecular flexibility index (Phi) is 7.83. The third-order valence-corrected chi connectivity index (χ3v) is 5.55. The molecule has 0 fully saturated rings. The van der Waals surface area contributed by atoms with Crippen LogP contribution in [0.1, 0.15) is 36.8 Å². The standard InChI is InChI=1S/C24H28N2O6/c1-16(10-11-22(28)26(12-13-27)14-23(29)30)25-24(31)32-15-21-19-8-4-2-6-17(19)18-7-3-5-9-20(18)21/h2-9,16,21,27H,10-15H2,1H3,(H,25,31)(H,29,30). The molecule has 3 N–H and O–H groups in total. The lowest BCUT2D eigenvalue weighted by atomic mass is 9.98. The predicted octanol–water partition coefficient (Wildman–Crippen LogP) is 2.60. The summed E-state index contributed by atoms with van der Waals surface area (Å²) in [5, 5.41) is 20.6. The van der Waals surface area contributed by atoms with Crippen LogP contribution in [-0.4, -0.2) is 65.4 Å². The Morgan fingerprint density at radius 3 is 2.22 bits per heavy atom. The van der Waals surface area contributed by atoms with Crippen LogP contribution in [0.25, 0.3) is 11.1 Å². The zero-order valence-electron chi connectivity index (χ0n) is 18.0. The highest BCUT2D eigenvalue weighted by Gasteiger charge is 2.29. The number of rotatable bonds is 10. The molecule has 1 atom stereocenters. The summed E-state index contributed by atoms with van der Waals surface area (Å²) in [6.45, 7) is 1.14. The van der Waals surface area contributed by atoms with E-state index in [1.165, 1.54) is 0 Å². The van der Waals surface area contributed by atoms with Gasteiger partial charge >= 0.3 is 12.1 Å². The van der Waals surface area contributed by atoms with Crippen LogP contribution in [0.3, 0.4) is 0 Å². The number of ether oxygens (including phenoxy) is 1. The average molecular weight is 440 g/mol. The summed E-state index contributed by atoms with van der Waals surface area (Å²) in [4.78, 5) is 36.5. The summed E-state index contributed by atoms with van der Waals surface area (Å²) in [5.74, 6) is -1.56. The Morgan fingerprint density at radius 2 is 1.66 bits per heavy atom. The lowest BCUT2D eigenvalue weighted by molar-refractivity contribution is -0.144. The van der Waals surface area contributed by atoms with Gasteiger partial charge in [0.15, 0.2) is 0 Å². The Bertz CT molecular complexity index is 931. The number of aliphatic hydroxyl groups is 1. The fraction of sp³-hybridized carbons (Fsp3) is 0.375. The van der Waals surface area contributed by atoms with Gasteiger partial charge in [-0.25, -0.2) is 4.79 Å². The van der Waals surface area contributed by atoms with Crippen LogP contribution in [0.2, 0.25) is 0 Å². The number of benzene rings is 2. The number of carboxylic acid groups (broad SMARTS) is 1. The van der Waals surface area contributed by atoms with Crippen molar-refractivity contribution in [1.29, 1.82) is 0 Å². The summed E-state index contributed by atoms with van der Waals surface area (Å²) < 4.78 is 5.50. The van der Waals surface area contributed by atoms with Gasteiger partial charge in [-0.15, -0.1) is 0 Å². The second-order valence-electron chi connectivity index (χ2n) is 7.84. The van der Waals surface area contributed by atoms with Crippen LogP contribution >= 0.6 is 0 Å². The van der Waals surface area contributed by atoms with Crippen molar-refractivity contribution in [3.05, 3.63) is 59.7 Å². The van der Waals surface area contributed by atoms with Crippen LogP contribution in [-0.2, 0) is 14.3 Å². The summed E-state index contributed by atoms with van der Waals surface area (Å²) in [7, 11) is 0. The Labute approximate surface area is 186 Å². The van der Waals surface area contributed by atoms with Gasteiger partial charge in [-0.05, 0) is 35.6 Å². The van der Waals surface area contributed by atoms with Crippen molar-refractivity contribution in [3.8, 4) is 11.1 Å². The van der Waals surface area contributed by atoms with Gasteiger partial charge in [-0.2, -0.15) is 0 Å². The molecule has 2 aromatic rings. The Hall–Kier alpha value is -3.39. The number of fused-ring (bicyclic) bond motifs is 3. The predicted molar refractivity (Wildman–Crippen MR) is 118 cm³/mol. The minimum atomic E-state index is -1.14. The largest absolute Gasteiger partial charge is 0.480 e. The number of carboxylic acids is 1. The minimum absolute atomic E-state index is 0.0342. The maximum Gasteiger partial charge on any atom is 0.407 e. The Morgan fingerprint density at radius 1 is 1.06 bits per heavy atom. The molecule has 0 saturated heterocycles. The molecule has 1 unspecified atom stereocenters. The minimum Gasteiger partial charge on any atom is -0.480 e. The maximum atomic E-state index is 12.3. The molecule has 0 radical (unpaired) electrons. The Balaban J connectivity index is 1.50. The second kappa shape index (κ2) is 10.8. The van der Waals surface area contributed by atoms with E-state index in [0.717, 1.165) is 27.2 Å². The first-order valence-electron chi connectivity index (χ1n) is 10.6. The molecule has 2 amide bonds. The van der Waals surface area contributed by atoms with Crippen LogP contribution in [0, 0.1) is 0 Å². The molecule has 0 aromatic heterocycles. The molecule has 2 aromatic carbocycles. The summed E-state index contributed by atoms with van der Waals surface area (Å²) in [6.07, 6.45) is -0.188. The van der Waals surface area contributed by atoms with Crippen LogP contribution in [0.4, 0.5) is 4.79 Å². The normalized spacial score (nSPS) is 13.1. The third kappa shape index (κ3) is 5.64. The van der Waals surface area contributed by atoms with Gasteiger partial charge in [0.05, 0.1) is 6.61 Å². The highest BCUT2D eigenvalue weighted by molar-refractivity contribution is 5.81. The molecule has 1 aliphatic rings. The van der Waals surface area contributed by atoms with Gasteiger partial charge in [-0.1, -0.05) is 48.5 Å². The highest BCUT2D eigenvalue weighted by Crippen LogP contribution is 2.44. The molecule has 32 heavy (non-hydrogen) atoms. The van der Waals surface area contributed by atoms with Crippen molar-refractivity contribution in [2.24, 2.45) is 0 Å². The number of nitrogens with one attached hydrogen (secondary N) is 1. The number of aliphatic hydroxyl groups excluding tert-OH is 1.